The van der Waals surface area contributed by atoms with Crippen molar-refractivity contribution in [3.63, 3.8) is 0 Å². The highest BCUT2D eigenvalue weighted by atomic mass is 35.5. The largest absolute Gasteiger partial charge is 0.492 e. The van der Waals surface area contributed by atoms with Crippen LogP contribution >= 0.6 is 23.2 Å². The Kier molecular flexibility index (Phi) is 6.81. The van der Waals surface area contributed by atoms with E-state index in [1.165, 1.54) is 10.4 Å². The van der Waals surface area contributed by atoms with Crippen LogP contribution in [0.25, 0.3) is 0 Å². The molecular formula is C19H19Cl2N3O3S. The molecule has 1 aliphatic heterocycles. The Hall–Kier alpha value is -1.82. The zero-order valence-corrected chi connectivity index (χ0v) is 17.3. The fraction of sp³-hybridized carbons (Fsp3) is 0.316. The van der Waals surface area contributed by atoms with Gasteiger partial charge in [0.15, 0.2) is 0 Å². The van der Waals surface area contributed by atoms with Crippen LogP contribution < -0.4 is 4.74 Å². The molecule has 1 aliphatic rings. The lowest BCUT2D eigenvalue weighted by Gasteiger charge is -2.34. The predicted molar refractivity (Wildman–Crippen MR) is 108 cm³/mol. The summed E-state index contributed by atoms with van der Waals surface area (Å²) in [5.41, 5.74) is 0.587. The highest BCUT2D eigenvalue weighted by molar-refractivity contribution is 7.89. The molecule has 0 aliphatic carbocycles. The Balaban J connectivity index is 1.51. The van der Waals surface area contributed by atoms with Crippen molar-refractivity contribution in [3.8, 4) is 11.8 Å². The van der Waals surface area contributed by atoms with Crippen molar-refractivity contribution >= 4 is 33.2 Å². The van der Waals surface area contributed by atoms with Crippen LogP contribution in [0.4, 0.5) is 0 Å². The average molecular weight is 440 g/mol. The highest BCUT2D eigenvalue weighted by Crippen LogP contribution is 2.31. The van der Waals surface area contributed by atoms with Crippen molar-refractivity contribution in [2.45, 2.75) is 4.90 Å². The summed E-state index contributed by atoms with van der Waals surface area (Å²) < 4.78 is 32.8. The molecule has 0 saturated carbocycles. The number of hydrogen-bond acceptors (Lipinski definition) is 5. The van der Waals surface area contributed by atoms with Crippen LogP contribution in [0.5, 0.6) is 5.75 Å². The van der Waals surface area contributed by atoms with E-state index >= 15 is 0 Å². The quantitative estimate of drug-likeness (QED) is 0.690. The molecule has 2 aromatic carbocycles. The third-order valence-corrected chi connectivity index (χ3v) is 7.40. The standard InChI is InChI=1S/C19H19Cl2N3O3S/c20-17-2-1-3-18(19(17)21)28(25,26)24-10-8-23(9-11-24)12-13-27-16-6-4-15(14-22)5-7-16/h1-7H,8-13H2. The van der Waals surface area contributed by atoms with Gasteiger partial charge >= 0.3 is 0 Å². The van der Waals surface area contributed by atoms with Crippen LogP contribution in [-0.2, 0) is 10.0 Å². The summed E-state index contributed by atoms with van der Waals surface area (Å²) in [7, 11) is -3.68. The van der Waals surface area contributed by atoms with Crippen molar-refractivity contribution < 1.29 is 13.2 Å². The van der Waals surface area contributed by atoms with E-state index in [4.69, 9.17) is 33.2 Å². The van der Waals surface area contributed by atoms with Gasteiger partial charge in [0.25, 0.3) is 0 Å². The van der Waals surface area contributed by atoms with Crippen molar-refractivity contribution in [1.82, 2.24) is 9.21 Å². The topological polar surface area (TPSA) is 73.6 Å². The van der Waals surface area contributed by atoms with Gasteiger partial charge in [0.2, 0.25) is 10.0 Å². The van der Waals surface area contributed by atoms with Gasteiger partial charge < -0.3 is 4.74 Å². The summed E-state index contributed by atoms with van der Waals surface area (Å²) >= 11 is 12.0. The predicted octanol–water partition coefficient (Wildman–Crippen LogP) is 3.25. The summed E-state index contributed by atoms with van der Waals surface area (Å²) in [6, 6.07) is 13.6. The molecule has 0 amide bonds. The van der Waals surface area contributed by atoms with Gasteiger partial charge in [0, 0.05) is 32.7 Å². The van der Waals surface area contributed by atoms with Gasteiger partial charge in [-0.3, -0.25) is 4.90 Å². The molecule has 9 heteroatoms. The molecule has 0 spiro atoms. The summed E-state index contributed by atoms with van der Waals surface area (Å²) in [4.78, 5) is 2.19. The SMILES string of the molecule is N#Cc1ccc(OCCN2CCN(S(=O)(=O)c3cccc(Cl)c3Cl)CC2)cc1. The zero-order chi connectivity index (χ0) is 20.1. The van der Waals surface area contributed by atoms with Crippen molar-refractivity contribution in [2.24, 2.45) is 0 Å². The number of hydrogen-bond donors (Lipinski definition) is 0. The van der Waals surface area contributed by atoms with Crippen LogP contribution in [0.3, 0.4) is 0 Å². The van der Waals surface area contributed by atoms with Gasteiger partial charge in [-0.15, -0.1) is 0 Å². The number of piperazine rings is 1. The lowest BCUT2D eigenvalue weighted by atomic mass is 10.2. The molecule has 2 aromatic rings. The van der Waals surface area contributed by atoms with E-state index in [0.717, 1.165) is 0 Å². The number of ether oxygens (including phenoxy) is 1. The summed E-state index contributed by atoms with van der Waals surface area (Å²) in [5.74, 6) is 0.704. The van der Waals surface area contributed by atoms with E-state index in [0.29, 0.717) is 50.6 Å². The number of nitrogens with zero attached hydrogens (tertiary/aromatic N) is 3. The Labute approximate surface area is 174 Å². The number of benzene rings is 2. The number of rotatable bonds is 6. The van der Waals surface area contributed by atoms with Crippen molar-refractivity contribution in [3.05, 3.63) is 58.1 Å². The third-order valence-electron chi connectivity index (χ3n) is 4.52. The third kappa shape index (κ3) is 4.77. The highest BCUT2D eigenvalue weighted by Gasteiger charge is 2.30. The molecule has 0 N–H and O–H groups in total. The molecule has 0 bridgehead atoms. The maximum Gasteiger partial charge on any atom is 0.244 e. The molecule has 1 fully saturated rings. The van der Waals surface area contributed by atoms with Crippen LogP contribution in [-0.4, -0.2) is 57.0 Å². The van der Waals surface area contributed by atoms with E-state index in [1.54, 1.807) is 36.4 Å². The van der Waals surface area contributed by atoms with Crippen LogP contribution in [0, 0.1) is 11.3 Å². The van der Waals surface area contributed by atoms with Gasteiger partial charge in [-0.05, 0) is 36.4 Å². The van der Waals surface area contributed by atoms with E-state index < -0.39 is 10.0 Å². The number of nitriles is 1. The van der Waals surface area contributed by atoms with Gasteiger partial charge in [-0.2, -0.15) is 9.57 Å². The molecule has 148 valence electrons. The molecule has 0 atom stereocenters. The van der Waals surface area contributed by atoms with Gasteiger partial charge in [0.1, 0.15) is 17.3 Å². The van der Waals surface area contributed by atoms with Crippen molar-refractivity contribution in [2.75, 3.05) is 39.3 Å². The lowest BCUT2D eigenvalue weighted by Crippen LogP contribution is -2.49. The molecule has 6 nitrogen and oxygen atoms in total. The fourth-order valence-corrected chi connectivity index (χ4v) is 5.09. The lowest BCUT2D eigenvalue weighted by molar-refractivity contribution is 0.159. The second-order valence-corrected chi connectivity index (χ2v) is 8.97. The molecule has 3 rings (SSSR count). The van der Waals surface area contributed by atoms with E-state index in [2.05, 4.69) is 11.0 Å². The Morgan fingerprint density at radius 1 is 1.04 bits per heavy atom. The first-order chi connectivity index (χ1) is 13.4. The Bertz CT molecular complexity index is 967. The maximum atomic E-state index is 12.8. The average Bonchev–Trinajstić information content (AvgIpc) is 2.71. The first-order valence-corrected chi connectivity index (χ1v) is 10.9. The fourth-order valence-electron chi connectivity index (χ4n) is 2.93. The molecule has 0 unspecified atom stereocenters. The van der Waals surface area contributed by atoms with Crippen LogP contribution in [0.15, 0.2) is 47.4 Å². The van der Waals surface area contributed by atoms with Gasteiger partial charge in [-0.1, -0.05) is 29.3 Å². The summed E-state index contributed by atoms with van der Waals surface area (Å²) in [5, 5.41) is 9.08. The van der Waals surface area contributed by atoms with Gasteiger partial charge in [-0.25, -0.2) is 8.42 Å². The Morgan fingerprint density at radius 2 is 1.71 bits per heavy atom. The number of sulfonamides is 1. The minimum Gasteiger partial charge on any atom is -0.492 e. The zero-order valence-electron chi connectivity index (χ0n) is 15.0. The molecular weight excluding hydrogens is 421 g/mol. The number of halogens is 2. The first kappa shape index (κ1) is 20.9. The van der Waals surface area contributed by atoms with Gasteiger partial charge in [0.05, 0.1) is 21.7 Å². The normalized spacial score (nSPS) is 15.9. The monoisotopic (exact) mass is 439 g/mol. The first-order valence-electron chi connectivity index (χ1n) is 8.71. The molecule has 1 heterocycles. The van der Waals surface area contributed by atoms with E-state index in [9.17, 15) is 8.42 Å². The minimum atomic E-state index is -3.68. The molecule has 28 heavy (non-hydrogen) atoms. The van der Waals surface area contributed by atoms with Crippen molar-refractivity contribution in [1.29, 1.82) is 5.26 Å². The summed E-state index contributed by atoms with van der Waals surface area (Å²) in [6.07, 6.45) is 0. The summed E-state index contributed by atoms with van der Waals surface area (Å²) in [6.45, 7) is 3.14. The molecule has 0 radical (unpaired) electrons. The van der Waals surface area contributed by atoms with Crippen LogP contribution in [0.1, 0.15) is 5.56 Å². The van der Waals surface area contributed by atoms with E-state index in [1.807, 2.05) is 0 Å². The molecule has 1 saturated heterocycles. The van der Waals surface area contributed by atoms with E-state index in [-0.39, 0.29) is 14.9 Å². The second-order valence-electron chi connectivity index (χ2n) is 6.28. The minimum absolute atomic E-state index is 0.0410. The van der Waals surface area contributed by atoms with Crippen LogP contribution in [0.2, 0.25) is 10.0 Å². The molecule has 0 aromatic heterocycles. The second kappa shape index (κ2) is 9.12. The Morgan fingerprint density at radius 3 is 2.36 bits per heavy atom. The smallest absolute Gasteiger partial charge is 0.244 e. The maximum absolute atomic E-state index is 12.8.